The Bertz CT molecular complexity index is 180. The first kappa shape index (κ1) is 11.0. The van der Waals surface area contributed by atoms with Crippen molar-refractivity contribution >= 4 is 5.97 Å². The summed E-state index contributed by atoms with van der Waals surface area (Å²) < 4.78 is 4.73. The van der Waals surface area contributed by atoms with E-state index < -0.39 is 0 Å². The number of carbonyl (C=O) groups excluding carboxylic acids is 1. The van der Waals surface area contributed by atoms with Gasteiger partial charge in [0.2, 0.25) is 0 Å². The maximum atomic E-state index is 10.8. The molecule has 0 radical (unpaired) electrons. The lowest BCUT2D eigenvalue weighted by Crippen LogP contribution is -1.98. The molecule has 0 aliphatic heterocycles. The fourth-order valence-corrected chi connectivity index (χ4v) is 0.601. The second-order valence-corrected chi connectivity index (χ2v) is 2.70. The van der Waals surface area contributed by atoms with Crippen LogP contribution in [0.2, 0.25) is 0 Å². The summed E-state index contributed by atoms with van der Waals surface area (Å²) in [6.07, 6.45) is 6.52. The van der Waals surface area contributed by atoms with Crippen LogP contribution >= 0.6 is 0 Å². The molecule has 0 bridgehead atoms. The van der Waals surface area contributed by atoms with E-state index in [-0.39, 0.29) is 5.97 Å². The summed E-state index contributed by atoms with van der Waals surface area (Å²) in [6.45, 7) is 7.21. The van der Waals surface area contributed by atoms with E-state index in [2.05, 4.69) is 13.5 Å². The molecule has 0 aliphatic carbocycles. The van der Waals surface area contributed by atoms with Crippen LogP contribution in [0.15, 0.2) is 24.5 Å². The zero-order valence-electron chi connectivity index (χ0n) is 7.80. The topological polar surface area (TPSA) is 26.3 Å². The number of hydrogen-bond acceptors (Lipinski definition) is 2. The standard InChI is InChI=1S/C10H16O2/c1-4-5-6-7-8-12-10(11)9(2)3/h7-8H,2,4-6H2,1,3H3. The fraction of sp³-hybridized carbons (Fsp3) is 0.500. The Hall–Kier alpha value is -1.05. The van der Waals surface area contributed by atoms with Crippen molar-refractivity contribution in [2.75, 3.05) is 0 Å². The summed E-state index contributed by atoms with van der Waals surface area (Å²) in [6, 6.07) is 0. The highest BCUT2D eigenvalue weighted by Crippen LogP contribution is 1.97. The summed E-state index contributed by atoms with van der Waals surface area (Å²) >= 11 is 0. The summed E-state index contributed by atoms with van der Waals surface area (Å²) in [7, 11) is 0. The second kappa shape index (κ2) is 6.65. The summed E-state index contributed by atoms with van der Waals surface area (Å²) in [5.74, 6) is -0.359. The van der Waals surface area contributed by atoms with Gasteiger partial charge in [-0.15, -0.1) is 0 Å². The number of ether oxygens (including phenoxy) is 1. The highest BCUT2D eigenvalue weighted by molar-refractivity contribution is 5.87. The van der Waals surface area contributed by atoms with E-state index in [4.69, 9.17) is 4.74 Å². The molecule has 68 valence electrons. The van der Waals surface area contributed by atoms with Gasteiger partial charge >= 0.3 is 5.97 Å². The van der Waals surface area contributed by atoms with E-state index in [1.54, 1.807) is 6.92 Å². The van der Waals surface area contributed by atoms with Crippen molar-refractivity contribution in [2.24, 2.45) is 0 Å². The molecule has 0 aromatic heterocycles. The van der Waals surface area contributed by atoms with Gasteiger partial charge in [0.1, 0.15) is 0 Å². The Kier molecular flexibility index (Phi) is 6.07. The van der Waals surface area contributed by atoms with Crippen LogP contribution in [0.1, 0.15) is 33.1 Å². The molecule has 2 heteroatoms. The molecular weight excluding hydrogens is 152 g/mol. The van der Waals surface area contributed by atoms with E-state index in [0.717, 1.165) is 19.3 Å². The number of carbonyl (C=O) groups is 1. The van der Waals surface area contributed by atoms with Crippen LogP contribution < -0.4 is 0 Å². The molecule has 0 aliphatic rings. The summed E-state index contributed by atoms with van der Waals surface area (Å²) in [4.78, 5) is 10.8. The van der Waals surface area contributed by atoms with E-state index in [0.29, 0.717) is 5.57 Å². The molecule has 0 fully saturated rings. The monoisotopic (exact) mass is 168 g/mol. The predicted molar refractivity (Wildman–Crippen MR) is 49.6 cm³/mol. The van der Waals surface area contributed by atoms with Gasteiger partial charge in [-0.3, -0.25) is 0 Å². The predicted octanol–water partition coefficient (Wildman–Crippen LogP) is 2.81. The summed E-state index contributed by atoms with van der Waals surface area (Å²) in [5.41, 5.74) is 0.426. The minimum atomic E-state index is -0.359. The van der Waals surface area contributed by atoms with Crippen molar-refractivity contribution in [1.82, 2.24) is 0 Å². The Morgan fingerprint density at radius 1 is 1.58 bits per heavy atom. The van der Waals surface area contributed by atoms with Crippen LogP contribution in [0.3, 0.4) is 0 Å². The van der Waals surface area contributed by atoms with Gasteiger partial charge in [-0.25, -0.2) is 4.79 Å². The number of unbranched alkanes of at least 4 members (excludes halogenated alkanes) is 2. The molecule has 0 heterocycles. The van der Waals surface area contributed by atoms with Crippen LogP contribution in [-0.4, -0.2) is 5.97 Å². The smallest absolute Gasteiger partial charge is 0.337 e. The minimum Gasteiger partial charge on any atom is -0.431 e. The first-order valence-corrected chi connectivity index (χ1v) is 4.20. The van der Waals surface area contributed by atoms with Gasteiger partial charge in [-0.2, -0.15) is 0 Å². The molecule has 0 unspecified atom stereocenters. The SMILES string of the molecule is C=C(C)C(=O)OC=CCCCC. The molecule has 0 saturated heterocycles. The van der Waals surface area contributed by atoms with Crippen LogP contribution in [0, 0.1) is 0 Å². The van der Waals surface area contributed by atoms with Gasteiger partial charge in [0.15, 0.2) is 0 Å². The van der Waals surface area contributed by atoms with Gasteiger partial charge in [0, 0.05) is 5.57 Å². The first-order valence-electron chi connectivity index (χ1n) is 4.20. The quantitative estimate of drug-likeness (QED) is 0.273. The van der Waals surface area contributed by atoms with Gasteiger partial charge < -0.3 is 4.74 Å². The van der Waals surface area contributed by atoms with Crippen LogP contribution in [0.5, 0.6) is 0 Å². The van der Waals surface area contributed by atoms with Crippen molar-refractivity contribution in [3.05, 3.63) is 24.5 Å². The third-order valence-corrected chi connectivity index (χ3v) is 1.34. The van der Waals surface area contributed by atoms with Gasteiger partial charge in [-0.1, -0.05) is 19.9 Å². The number of esters is 1. The lowest BCUT2D eigenvalue weighted by atomic mass is 10.2. The number of hydrogen-bond donors (Lipinski definition) is 0. The van der Waals surface area contributed by atoms with E-state index in [1.807, 2.05) is 6.08 Å². The lowest BCUT2D eigenvalue weighted by molar-refractivity contribution is -0.133. The molecular formula is C10H16O2. The molecule has 0 saturated carbocycles. The van der Waals surface area contributed by atoms with Gasteiger partial charge in [0.05, 0.1) is 6.26 Å². The maximum absolute atomic E-state index is 10.8. The van der Waals surface area contributed by atoms with E-state index >= 15 is 0 Å². The van der Waals surface area contributed by atoms with Crippen LogP contribution in [0.25, 0.3) is 0 Å². The normalized spacial score (nSPS) is 10.2. The highest BCUT2D eigenvalue weighted by Gasteiger charge is 1.98. The van der Waals surface area contributed by atoms with Crippen molar-refractivity contribution in [2.45, 2.75) is 33.1 Å². The Balaban J connectivity index is 3.47. The summed E-state index contributed by atoms with van der Waals surface area (Å²) in [5, 5.41) is 0. The Labute approximate surface area is 73.9 Å². The van der Waals surface area contributed by atoms with Crippen molar-refractivity contribution < 1.29 is 9.53 Å². The molecule has 12 heavy (non-hydrogen) atoms. The molecule has 0 aromatic carbocycles. The van der Waals surface area contributed by atoms with Crippen molar-refractivity contribution in [3.63, 3.8) is 0 Å². The molecule has 0 rings (SSSR count). The fourth-order valence-electron chi connectivity index (χ4n) is 0.601. The zero-order valence-corrected chi connectivity index (χ0v) is 7.80. The van der Waals surface area contributed by atoms with Crippen molar-refractivity contribution in [3.8, 4) is 0 Å². The van der Waals surface area contributed by atoms with E-state index in [9.17, 15) is 4.79 Å². The van der Waals surface area contributed by atoms with Crippen LogP contribution in [-0.2, 0) is 9.53 Å². The Morgan fingerprint density at radius 2 is 2.25 bits per heavy atom. The molecule has 0 aromatic rings. The van der Waals surface area contributed by atoms with Gasteiger partial charge in [-0.05, 0) is 25.8 Å². The zero-order chi connectivity index (χ0) is 9.40. The van der Waals surface area contributed by atoms with Crippen molar-refractivity contribution in [1.29, 1.82) is 0 Å². The maximum Gasteiger partial charge on any atom is 0.337 e. The Morgan fingerprint density at radius 3 is 2.75 bits per heavy atom. The van der Waals surface area contributed by atoms with E-state index in [1.165, 1.54) is 6.26 Å². The molecule has 0 spiro atoms. The average molecular weight is 168 g/mol. The molecule has 2 nitrogen and oxygen atoms in total. The minimum absolute atomic E-state index is 0.359. The third-order valence-electron chi connectivity index (χ3n) is 1.34. The second-order valence-electron chi connectivity index (χ2n) is 2.70. The molecule has 0 amide bonds. The third kappa shape index (κ3) is 5.71. The van der Waals surface area contributed by atoms with Gasteiger partial charge in [0.25, 0.3) is 0 Å². The molecule has 0 atom stereocenters. The first-order chi connectivity index (χ1) is 5.68. The number of allylic oxidation sites excluding steroid dienone is 1. The molecule has 0 N–H and O–H groups in total. The average Bonchev–Trinajstić information content (AvgIpc) is 2.03. The number of rotatable bonds is 5. The lowest BCUT2D eigenvalue weighted by Gasteiger charge is -1.95. The highest BCUT2D eigenvalue weighted by atomic mass is 16.5. The largest absolute Gasteiger partial charge is 0.431 e. The van der Waals surface area contributed by atoms with Crippen LogP contribution in [0.4, 0.5) is 0 Å².